The van der Waals surface area contributed by atoms with Crippen LogP contribution in [0.15, 0.2) is 35.5 Å². The number of aromatic amines is 1. The van der Waals surface area contributed by atoms with E-state index in [0.717, 1.165) is 24.2 Å². The molecular weight excluding hydrogens is 338 g/mol. The minimum Gasteiger partial charge on any atom is -0.370 e. The number of benzene rings is 1. The van der Waals surface area contributed by atoms with E-state index >= 15 is 0 Å². The molecule has 1 heterocycles. The molecule has 1 aromatic heterocycles. The first-order chi connectivity index (χ1) is 12.1. The number of amides is 2. The van der Waals surface area contributed by atoms with Crippen LogP contribution < -0.4 is 5.73 Å². The van der Waals surface area contributed by atoms with Crippen molar-refractivity contribution < 1.29 is 9.59 Å². The van der Waals surface area contributed by atoms with E-state index in [-0.39, 0.29) is 18.1 Å². The second-order valence-corrected chi connectivity index (χ2v) is 7.03. The van der Waals surface area contributed by atoms with E-state index in [0.29, 0.717) is 24.2 Å². The molecule has 3 rings (SSSR count). The van der Waals surface area contributed by atoms with Crippen LogP contribution in [0.3, 0.4) is 0 Å². The Kier molecular flexibility index (Phi) is 5.70. The van der Waals surface area contributed by atoms with Crippen molar-refractivity contribution in [1.29, 1.82) is 0 Å². The lowest BCUT2D eigenvalue weighted by atomic mass is 10.2. The van der Waals surface area contributed by atoms with Gasteiger partial charge in [0.1, 0.15) is 5.82 Å². The second-order valence-electron chi connectivity index (χ2n) is 6.08. The van der Waals surface area contributed by atoms with Gasteiger partial charge in [0.15, 0.2) is 0 Å². The molecule has 2 amide bonds. The number of nitrogens with two attached hydrogens (primary N) is 1. The van der Waals surface area contributed by atoms with E-state index in [1.165, 1.54) is 11.8 Å². The van der Waals surface area contributed by atoms with Crippen LogP contribution in [0.5, 0.6) is 0 Å². The predicted molar refractivity (Wildman–Crippen MR) is 94.8 cm³/mol. The Morgan fingerprint density at radius 1 is 1.28 bits per heavy atom. The average molecular weight is 359 g/mol. The van der Waals surface area contributed by atoms with Crippen molar-refractivity contribution in [1.82, 2.24) is 20.1 Å². The highest BCUT2D eigenvalue weighted by molar-refractivity contribution is 7.99. The molecule has 132 valence electrons. The molecule has 7 nitrogen and oxygen atoms in total. The number of carbonyl (C=O) groups excluding carboxylic acids is 2. The Bertz CT molecular complexity index is 730. The van der Waals surface area contributed by atoms with Gasteiger partial charge in [0.05, 0.1) is 5.75 Å². The summed E-state index contributed by atoms with van der Waals surface area (Å²) in [4.78, 5) is 29.7. The molecule has 1 aromatic carbocycles. The van der Waals surface area contributed by atoms with E-state index < -0.39 is 5.91 Å². The Hall–Kier alpha value is -2.35. The summed E-state index contributed by atoms with van der Waals surface area (Å²) in [7, 11) is 0. The molecule has 1 fully saturated rings. The Morgan fingerprint density at radius 3 is 2.72 bits per heavy atom. The zero-order chi connectivity index (χ0) is 17.6. The number of carbonyl (C=O) groups is 2. The number of hydrogen-bond acceptors (Lipinski definition) is 5. The summed E-state index contributed by atoms with van der Waals surface area (Å²) in [6.07, 6.45) is 2.45. The average Bonchev–Trinajstić information content (AvgIpc) is 3.35. The van der Waals surface area contributed by atoms with Gasteiger partial charge in [-0.2, -0.15) is 0 Å². The molecule has 0 bridgehead atoms. The van der Waals surface area contributed by atoms with Crippen LogP contribution in [-0.2, 0) is 16.1 Å². The van der Waals surface area contributed by atoms with Crippen LogP contribution >= 0.6 is 11.8 Å². The highest BCUT2D eigenvalue weighted by Gasteiger charge is 2.27. The molecule has 1 aliphatic carbocycles. The fourth-order valence-corrected chi connectivity index (χ4v) is 3.13. The fourth-order valence-electron chi connectivity index (χ4n) is 2.42. The Labute approximate surface area is 150 Å². The topological polar surface area (TPSA) is 105 Å². The third kappa shape index (κ3) is 5.32. The van der Waals surface area contributed by atoms with Crippen LogP contribution in [0.4, 0.5) is 0 Å². The molecule has 25 heavy (non-hydrogen) atoms. The number of rotatable bonds is 9. The molecule has 0 atom stereocenters. The maximum absolute atomic E-state index is 12.6. The van der Waals surface area contributed by atoms with Gasteiger partial charge in [-0.05, 0) is 18.4 Å². The first kappa shape index (κ1) is 17.5. The number of H-pyrrole nitrogens is 1. The maximum atomic E-state index is 12.6. The van der Waals surface area contributed by atoms with E-state index in [1.54, 1.807) is 4.90 Å². The molecule has 1 saturated carbocycles. The summed E-state index contributed by atoms with van der Waals surface area (Å²) < 4.78 is 0. The summed E-state index contributed by atoms with van der Waals surface area (Å²) in [5, 5.41) is 7.67. The van der Waals surface area contributed by atoms with Crippen molar-refractivity contribution in [3.8, 4) is 0 Å². The van der Waals surface area contributed by atoms with E-state index in [4.69, 9.17) is 5.73 Å². The van der Waals surface area contributed by atoms with Crippen molar-refractivity contribution in [3.05, 3.63) is 41.7 Å². The molecular formula is C17H21N5O2S. The van der Waals surface area contributed by atoms with Crippen molar-refractivity contribution in [2.24, 2.45) is 5.73 Å². The third-order valence-electron chi connectivity index (χ3n) is 3.97. The van der Waals surface area contributed by atoms with Gasteiger partial charge < -0.3 is 10.6 Å². The second kappa shape index (κ2) is 8.15. The quantitative estimate of drug-likeness (QED) is 0.663. The lowest BCUT2D eigenvalue weighted by Crippen LogP contribution is -2.34. The molecule has 0 unspecified atom stereocenters. The van der Waals surface area contributed by atoms with Gasteiger partial charge in [0.25, 0.3) is 0 Å². The lowest BCUT2D eigenvalue weighted by molar-refractivity contribution is -0.129. The molecule has 0 radical (unpaired) electrons. The Morgan fingerprint density at radius 2 is 2.04 bits per heavy atom. The molecule has 0 aliphatic heterocycles. The van der Waals surface area contributed by atoms with Crippen LogP contribution in [0, 0.1) is 0 Å². The fraction of sp³-hybridized carbons (Fsp3) is 0.412. The smallest absolute Gasteiger partial charge is 0.233 e. The molecule has 8 heteroatoms. The first-order valence-electron chi connectivity index (χ1n) is 8.27. The summed E-state index contributed by atoms with van der Waals surface area (Å²) in [6, 6.07) is 9.68. The zero-order valence-electron chi connectivity index (χ0n) is 13.9. The van der Waals surface area contributed by atoms with Crippen molar-refractivity contribution >= 4 is 23.6 Å². The van der Waals surface area contributed by atoms with E-state index in [1.807, 2.05) is 30.3 Å². The van der Waals surface area contributed by atoms with Gasteiger partial charge in [-0.25, -0.2) is 4.98 Å². The minimum absolute atomic E-state index is 0.0622. The van der Waals surface area contributed by atoms with Gasteiger partial charge in [-0.15, -0.1) is 5.10 Å². The maximum Gasteiger partial charge on any atom is 0.233 e. The SMILES string of the molecule is NC(=O)CCN(Cc1ccccc1)C(=O)CSc1n[nH]c(C2CC2)n1. The van der Waals surface area contributed by atoms with Crippen LogP contribution in [0.2, 0.25) is 0 Å². The first-order valence-corrected chi connectivity index (χ1v) is 9.25. The Balaban J connectivity index is 1.57. The summed E-state index contributed by atoms with van der Waals surface area (Å²) in [6.45, 7) is 0.764. The molecule has 2 aromatic rings. The third-order valence-corrected chi connectivity index (χ3v) is 4.80. The molecule has 1 aliphatic rings. The highest BCUT2D eigenvalue weighted by Crippen LogP contribution is 2.38. The molecule has 0 saturated heterocycles. The molecule has 3 N–H and O–H groups in total. The number of nitrogens with one attached hydrogen (secondary N) is 1. The summed E-state index contributed by atoms with van der Waals surface area (Å²) >= 11 is 1.31. The number of aromatic nitrogens is 3. The van der Waals surface area contributed by atoms with Gasteiger partial charge in [-0.1, -0.05) is 42.1 Å². The number of nitrogens with zero attached hydrogens (tertiary/aromatic N) is 3. The van der Waals surface area contributed by atoms with Gasteiger partial charge >= 0.3 is 0 Å². The van der Waals surface area contributed by atoms with Crippen molar-refractivity contribution in [2.75, 3.05) is 12.3 Å². The van der Waals surface area contributed by atoms with E-state index in [9.17, 15) is 9.59 Å². The standard InChI is InChI=1S/C17H21N5O2S/c18-14(23)8-9-22(10-12-4-2-1-3-5-12)15(24)11-25-17-19-16(20-21-17)13-6-7-13/h1-5,13H,6-11H2,(H2,18,23)(H,19,20,21). The molecule has 0 spiro atoms. The minimum atomic E-state index is -0.415. The van der Waals surface area contributed by atoms with Gasteiger partial charge in [0.2, 0.25) is 17.0 Å². The van der Waals surface area contributed by atoms with Crippen molar-refractivity contribution in [2.45, 2.75) is 36.9 Å². The largest absolute Gasteiger partial charge is 0.370 e. The van der Waals surface area contributed by atoms with Gasteiger partial charge in [0, 0.05) is 25.4 Å². The lowest BCUT2D eigenvalue weighted by Gasteiger charge is -2.22. The van der Waals surface area contributed by atoms with Crippen molar-refractivity contribution in [3.63, 3.8) is 0 Å². The predicted octanol–water partition coefficient (Wildman–Crippen LogP) is 1.68. The van der Waals surface area contributed by atoms with Gasteiger partial charge in [-0.3, -0.25) is 14.7 Å². The van der Waals surface area contributed by atoms with Crippen LogP contribution in [-0.4, -0.2) is 44.2 Å². The van der Waals surface area contributed by atoms with Crippen LogP contribution in [0.25, 0.3) is 0 Å². The monoisotopic (exact) mass is 359 g/mol. The number of primary amides is 1. The zero-order valence-corrected chi connectivity index (χ0v) is 14.7. The number of thioether (sulfide) groups is 1. The highest BCUT2D eigenvalue weighted by atomic mass is 32.2. The normalized spacial score (nSPS) is 13.6. The van der Waals surface area contributed by atoms with E-state index in [2.05, 4.69) is 15.2 Å². The van der Waals surface area contributed by atoms with Crippen LogP contribution in [0.1, 0.15) is 36.6 Å². The number of hydrogen-bond donors (Lipinski definition) is 2. The summed E-state index contributed by atoms with van der Waals surface area (Å²) in [5.41, 5.74) is 6.24. The summed E-state index contributed by atoms with van der Waals surface area (Å²) in [5.74, 6) is 1.16.